The molecule has 0 radical (unpaired) electrons. The molecule has 1 aromatic rings. The zero-order valence-electron chi connectivity index (χ0n) is 11.2. The molecule has 0 aromatic carbocycles. The summed E-state index contributed by atoms with van der Waals surface area (Å²) >= 11 is 0. The fraction of sp³-hybridized carbons (Fsp3) is 0.538. The first-order valence-corrected chi connectivity index (χ1v) is 6.57. The normalized spacial score (nSPS) is 15.0. The number of hydrogen-bond acceptors (Lipinski definition) is 4. The van der Waals surface area contributed by atoms with Crippen LogP contribution in [0.15, 0.2) is 12.1 Å². The van der Waals surface area contributed by atoms with E-state index in [2.05, 4.69) is 10.3 Å². The number of nitrogens with zero attached hydrogens (tertiary/aromatic N) is 1. The lowest BCUT2D eigenvalue weighted by molar-refractivity contribution is -0.141. The van der Waals surface area contributed by atoms with E-state index in [1.54, 1.807) is 0 Å². The van der Waals surface area contributed by atoms with Crippen molar-refractivity contribution in [2.75, 3.05) is 25.1 Å². The van der Waals surface area contributed by atoms with E-state index in [-0.39, 0.29) is 17.9 Å². The van der Waals surface area contributed by atoms with Gasteiger partial charge >= 0.3 is 6.18 Å². The van der Waals surface area contributed by atoms with Crippen molar-refractivity contribution in [2.24, 2.45) is 11.7 Å². The largest absolute Gasteiger partial charge is 0.433 e. The Labute approximate surface area is 119 Å². The van der Waals surface area contributed by atoms with E-state index >= 15 is 0 Å². The topological polar surface area (TPSA) is 77.2 Å². The zero-order valence-corrected chi connectivity index (χ0v) is 11.2. The van der Waals surface area contributed by atoms with Gasteiger partial charge in [0.25, 0.3) is 5.91 Å². The Hall–Kier alpha value is -1.83. The minimum Gasteiger partial charge on any atom is -0.379 e. The molecule has 3 N–H and O–H groups in total. The van der Waals surface area contributed by atoms with E-state index in [0.29, 0.717) is 19.1 Å². The van der Waals surface area contributed by atoms with Crippen molar-refractivity contribution in [2.45, 2.75) is 19.0 Å². The van der Waals surface area contributed by atoms with Crippen LogP contribution in [-0.4, -0.2) is 30.6 Å². The Morgan fingerprint density at radius 3 is 2.71 bits per heavy atom. The minimum atomic E-state index is -4.57. The fourth-order valence-corrected chi connectivity index (χ4v) is 1.73. The highest BCUT2D eigenvalue weighted by Gasteiger charge is 2.33. The molecule has 5 nitrogen and oxygen atoms in total. The first kappa shape index (κ1) is 15.6. The minimum absolute atomic E-state index is 0.0785. The number of nitrogens with two attached hydrogens (primary N) is 1. The summed E-state index contributed by atoms with van der Waals surface area (Å²) in [5.74, 6) is -0.400. The molecule has 0 bridgehead atoms. The van der Waals surface area contributed by atoms with Crippen LogP contribution in [0.1, 0.15) is 28.9 Å². The van der Waals surface area contributed by atoms with Crippen LogP contribution in [-0.2, 0) is 10.9 Å². The number of alkyl halides is 3. The van der Waals surface area contributed by atoms with Crippen LogP contribution in [0.25, 0.3) is 0 Å². The number of halogens is 3. The number of anilines is 1. The van der Waals surface area contributed by atoms with E-state index in [1.165, 1.54) is 0 Å². The average Bonchev–Trinajstić information content (AvgIpc) is 3.21. The highest BCUT2D eigenvalue weighted by Crippen LogP contribution is 2.30. The predicted octanol–water partition coefficient (Wildman–Crippen LogP) is 2.04. The van der Waals surface area contributed by atoms with Crippen LogP contribution in [0.2, 0.25) is 0 Å². The third kappa shape index (κ3) is 4.59. The van der Waals surface area contributed by atoms with Crippen LogP contribution in [0, 0.1) is 5.92 Å². The number of hydrogen-bond donors (Lipinski definition) is 2. The second kappa shape index (κ2) is 6.30. The van der Waals surface area contributed by atoms with E-state index in [1.807, 2.05) is 0 Å². The molecule has 0 atom stereocenters. The fourth-order valence-electron chi connectivity index (χ4n) is 1.73. The van der Waals surface area contributed by atoms with Gasteiger partial charge in [0.05, 0.1) is 12.2 Å². The molecular weight excluding hydrogens is 287 g/mol. The van der Waals surface area contributed by atoms with Gasteiger partial charge in [0, 0.05) is 13.2 Å². The van der Waals surface area contributed by atoms with Gasteiger partial charge in [0.15, 0.2) is 0 Å². The number of carbonyl (C=O) groups is 1. The number of carbonyl (C=O) groups excluding carboxylic acids is 1. The van der Waals surface area contributed by atoms with Crippen molar-refractivity contribution in [1.29, 1.82) is 0 Å². The third-order valence-corrected chi connectivity index (χ3v) is 3.04. The number of nitrogens with one attached hydrogen (secondary N) is 1. The van der Waals surface area contributed by atoms with Gasteiger partial charge in [-0.1, -0.05) is 0 Å². The second-order valence-corrected chi connectivity index (χ2v) is 4.90. The van der Waals surface area contributed by atoms with Crippen molar-refractivity contribution in [3.05, 3.63) is 23.4 Å². The highest BCUT2D eigenvalue weighted by molar-refractivity contribution is 5.97. The van der Waals surface area contributed by atoms with E-state index < -0.39 is 17.8 Å². The van der Waals surface area contributed by atoms with Gasteiger partial charge in [-0.3, -0.25) is 4.79 Å². The first-order valence-electron chi connectivity index (χ1n) is 6.57. The van der Waals surface area contributed by atoms with Crippen LogP contribution < -0.4 is 11.1 Å². The molecule has 0 saturated heterocycles. The van der Waals surface area contributed by atoms with Crippen molar-refractivity contribution < 1.29 is 22.7 Å². The summed E-state index contributed by atoms with van der Waals surface area (Å²) in [6.45, 7) is 1.23. The Bertz CT molecular complexity index is 516. The highest BCUT2D eigenvalue weighted by atomic mass is 19.4. The maximum Gasteiger partial charge on any atom is 0.433 e. The van der Waals surface area contributed by atoms with Gasteiger partial charge in [-0.15, -0.1) is 0 Å². The molecule has 1 fully saturated rings. The van der Waals surface area contributed by atoms with Crippen LogP contribution >= 0.6 is 0 Å². The predicted molar refractivity (Wildman–Crippen MR) is 69.8 cm³/mol. The summed E-state index contributed by atoms with van der Waals surface area (Å²) in [6.07, 6.45) is -2.25. The average molecular weight is 303 g/mol. The van der Waals surface area contributed by atoms with Crippen LogP contribution in [0.4, 0.5) is 19.0 Å². The second-order valence-electron chi connectivity index (χ2n) is 4.90. The molecule has 116 valence electrons. The molecular formula is C13H16F3N3O2. The van der Waals surface area contributed by atoms with Gasteiger partial charge < -0.3 is 15.8 Å². The summed E-state index contributed by atoms with van der Waals surface area (Å²) < 4.78 is 43.2. The Morgan fingerprint density at radius 1 is 1.43 bits per heavy atom. The lowest BCUT2D eigenvalue weighted by Crippen LogP contribution is -2.20. The Morgan fingerprint density at radius 2 is 2.14 bits per heavy atom. The maximum absolute atomic E-state index is 12.6. The van der Waals surface area contributed by atoms with E-state index in [9.17, 15) is 18.0 Å². The monoisotopic (exact) mass is 303 g/mol. The van der Waals surface area contributed by atoms with Gasteiger partial charge in [-0.2, -0.15) is 13.2 Å². The van der Waals surface area contributed by atoms with Crippen molar-refractivity contribution in [1.82, 2.24) is 4.98 Å². The van der Waals surface area contributed by atoms with Crippen molar-refractivity contribution >= 4 is 11.7 Å². The number of pyridine rings is 1. The van der Waals surface area contributed by atoms with Crippen molar-refractivity contribution in [3.8, 4) is 0 Å². The summed E-state index contributed by atoms with van der Waals surface area (Å²) in [5.41, 5.74) is 3.97. The Balaban J connectivity index is 1.98. The number of ether oxygens (including phenoxy) is 1. The quantitative estimate of drug-likeness (QED) is 0.756. The lowest BCUT2D eigenvalue weighted by Gasteiger charge is -2.12. The van der Waals surface area contributed by atoms with Crippen molar-refractivity contribution in [3.63, 3.8) is 0 Å². The van der Waals surface area contributed by atoms with E-state index in [0.717, 1.165) is 25.0 Å². The standard InChI is InChI=1S/C13H16F3N3O2/c14-13(15,16)10-4-3-9(11(17)20)12(19-10)18-5-6-21-7-8-1-2-8/h3-4,8H,1-2,5-7H2,(H2,17,20)(H,18,19). The molecule has 0 aliphatic heterocycles. The SMILES string of the molecule is NC(=O)c1ccc(C(F)(F)F)nc1NCCOCC1CC1. The van der Waals surface area contributed by atoms with Crippen LogP contribution in [0.3, 0.4) is 0 Å². The summed E-state index contributed by atoms with van der Waals surface area (Å²) in [5, 5.41) is 2.66. The summed E-state index contributed by atoms with van der Waals surface area (Å²) in [7, 11) is 0. The first-order chi connectivity index (χ1) is 9.88. The molecule has 1 heterocycles. The molecule has 1 aliphatic rings. The molecule has 8 heteroatoms. The molecule has 1 saturated carbocycles. The number of primary amides is 1. The summed E-state index contributed by atoms with van der Waals surface area (Å²) in [4.78, 5) is 14.6. The van der Waals surface area contributed by atoms with Gasteiger partial charge in [-0.05, 0) is 30.9 Å². The molecule has 21 heavy (non-hydrogen) atoms. The maximum atomic E-state index is 12.6. The molecule has 0 unspecified atom stereocenters. The van der Waals surface area contributed by atoms with Crippen LogP contribution in [0.5, 0.6) is 0 Å². The number of amides is 1. The van der Waals surface area contributed by atoms with E-state index in [4.69, 9.17) is 10.5 Å². The van der Waals surface area contributed by atoms with Gasteiger partial charge in [0.2, 0.25) is 0 Å². The molecule has 1 aromatic heterocycles. The lowest BCUT2D eigenvalue weighted by atomic mass is 10.2. The molecule has 1 aliphatic carbocycles. The molecule has 2 rings (SSSR count). The summed E-state index contributed by atoms with van der Waals surface area (Å²) in [6, 6.07) is 1.75. The number of aromatic nitrogens is 1. The number of rotatable bonds is 7. The smallest absolute Gasteiger partial charge is 0.379 e. The van der Waals surface area contributed by atoms with Gasteiger partial charge in [-0.25, -0.2) is 4.98 Å². The molecule has 1 amide bonds. The Kier molecular flexibility index (Phi) is 4.66. The molecule has 0 spiro atoms. The third-order valence-electron chi connectivity index (χ3n) is 3.04. The van der Waals surface area contributed by atoms with Gasteiger partial charge in [0.1, 0.15) is 11.5 Å². The zero-order chi connectivity index (χ0) is 15.5.